The summed E-state index contributed by atoms with van der Waals surface area (Å²) in [4.78, 5) is 12.2. The molecule has 0 amide bonds. The fourth-order valence-corrected chi connectivity index (χ4v) is 3.49. The van der Waals surface area contributed by atoms with Gasteiger partial charge in [-0.15, -0.1) is 0 Å². The molecule has 0 aromatic carbocycles. The van der Waals surface area contributed by atoms with Crippen molar-refractivity contribution in [3.05, 3.63) is 12.2 Å². The molecule has 5 atom stereocenters. The number of carbonyl (C=O) groups is 1. The molecule has 0 spiro atoms. The number of allylic oxidation sites excluding steroid dienone is 2. The van der Waals surface area contributed by atoms with E-state index in [1.807, 2.05) is 0 Å². The molecule has 0 aromatic rings. The molecule has 0 heterocycles. The van der Waals surface area contributed by atoms with Crippen LogP contribution in [0.25, 0.3) is 0 Å². The summed E-state index contributed by atoms with van der Waals surface area (Å²) in [6.45, 7) is -2.11. The van der Waals surface area contributed by atoms with Crippen molar-refractivity contribution in [2.75, 3.05) is 6.67 Å². The number of hydrogen-bond acceptors (Lipinski definition) is 3. The molecule has 0 aliphatic heterocycles. The summed E-state index contributed by atoms with van der Waals surface area (Å²) in [5.74, 6) is -8.84. The summed E-state index contributed by atoms with van der Waals surface area (Å²) in [5, 5.41) is 9.01. The van der Waals surface area contributed by atoms with Crippen LogP contribution in [0.5, 0.6) is 0 Å². The maximum absolute atomic E-state index is 14.1. The Morgan fingerprint density at radius 1 is 1.19 bits per heavy atom. The lowest BCUT2D eigenvalue weighted by Gasteiger charge is -2.40. The first-order chi connectivity index (χ1) is 12.0. The zero-order chi connectivity index (χ0) is 21.1. The third kappa shape index (κ3) is 3.29. The van der Waals surface area contributed by atoms with Crippen LogP contribution in [0, 0.1) is 17.3 Å². The van der Waals surface area contributed by atoms with E-state index in [-0.39, 0.29) is 12.3 Å². The van der Waals surface area contributed by atoms with Crippen molar-refractivity contribution in [1.82, 2.24) is 0 Å². The zero-order valence-corrected chi connectivity index (χ0v) is 13.7. The summed E-state index contributed by atoms with van der Waals surface area (Å²) >= 11 is 0. The summed E-state index contributed by atoms with van der Waals surface area (Å²) in [7, 11) is 0. The van der Waals surface area contributed by atoms with Gasteiger partial charge in [-0.2, -0.15) is 35.1 Å². The highest BCUT2D eigenvalue weighted by atomic mass is 19.4. The number of hydrogen-bond donors (Lipinski definition) is 1. The van der Waals surface area contributed by atoms with E-state index in [9.17, 15) is 44.3 Å². The summed E-state index contributed by atoms with van der Waals surface area (Å²) < 4.78 is 122. The van der Waals surface area contributed by atoms with Gasteiger partial charge in [0.2, 0.25) is 0 Å². The van der Waals surface area contributed by atoms with Gasteiger partial charge in [-0.3, -0.25) is 4.79 Å². The number of ether oxygens (including phenoxy) is 1. The first-order valence-corrected chi connectivity index (χ1v) is 7.69. The number of fused-ring (bicyclic) bond motifs is 2. The molecule has 2 bridgehead atoms. The Hall–Kier alpha value is -1.46. The predicted octanol–water partition coefficient (Wildman–Crippen LogP) is 3.96. The molecule has 0 saturated heterocycles. The Morgan fingerprint density at radius 2 is 1.74 bits per heavy atom. The van der Waals surface area contributed by atoms with E-state index in [1.54, 1.807) is 6.08 Å². The SMILES string of the molecule is CC1(C(=O)OC(C(F)(F)F)C(F)(F)C(O)(CF)C(F)(F)F)CC2C=CC1C2. The van der Waals surface area contributed by atoms with E-state index in [4.69, 9.17) is 5.11 Å². The minimum Gasteiger partial charge on any atom is -0.446 e. The number of alkyl halides is 9. The molecule has 27 heavy (non-hydrogen) atoms. The Labute approximate surface area is 147 Å². The van der Waals surface area contributed by atoms with Crippen molar-refractivity contribution in [1.29, 1.82) is 0 Å². The van der Waals surface area contributed by atoms with Gasteiger partial charge in [0.15, 0.2) is 0 Å². The van der Waals surface area contributed by atoms with Gasteiger partial charge in [-0.05, 0) is 31.6 Å². The number of halogens is 9. The largest absolute Gasteiger partial charge is 0.446 e. The van der Waals surface area contributed by atoms with Crippen molar-refractivity contribution in [3.8, 4) is 0 Å². The second kappa shape index (κ2) is 6.28. The molecular weight excluding hydrogens is 399 g/mol. The van der Waals surface area contributed by atoms with Crippen LogP contribution >= 0.6 is 0 Å². The molecule has 0 aromatic heterocycles. The molecule has 2 rings (SSSR count). The smallest absolute Gasteiger partial charge is 0.431 e. The maximum atomic E-state index is 14.1. The van der Waals surface area contributed by atoms with Crippen molar-refractivity contribution in [3.63, 3.8) is 0 Å². The molecule has 1 fully saturated rings. The van der Waals surface area contributed by atoms with Gasteiger partial charge in [0.1, 0.15) is 6.67 Å². The Morgan fingerprint density at radius 3 is 2.07 bits per heavy atom. The molecular formula is C15H15F9O3. The van der Waals surface area contributed by atoms with Crippen LogP contribution in [-0.2, 0) is 9.53 Å². The van der Waals surface area contributed by atoms with Crippen molar-refractivity contribution >= 4 is 5.97 Å². The Bertz CT molecular complexity index is 627. The minimum absolute atomic E-state index is 0.0319. The lowest BCUT2D eigenvalue weighted by atomic mass is 9.77. The van der Waals surface area contributed by atoms with E-state index < -0.39 is 54.0 Å². The van der Waals surface area contributed by atoms with Gasteiger partial charge in [0.25, 0.3) is 11.7 Å². The topological polar surface area (TPSA) is 46.5 Å². The number of esters is 1. The first kappa shape index (κ1) is 21.8. The summed E-state index contributed by atoms with van der Waals surface area (Å²) in [6.07, 6.45) is -13.8. The highest BCUT2D eigenvalue weighted by Crippen LogP contribution is 2.54. The predicted molar refractivity (Wildman–Crippen MR) is 71.3 cm³/mol. The third-order valence-electron chi connectivity index (χ3n) is 5.21. The van der Waals surface area contributed by atoms with Gasteiger partial charge in [0, 0.05) is 0 Å². The number of aliphatic hydroxyl groups is 1. The quantitative estimate of drug-likeness (QED) is 0.421. The average Bonchev–Trinajstić information content (AvgIpc) is 3.09. The minimum atomic E-state index is -6.46. The van der Waals surface area contributed by atoms with Crippen molar-refractivity contribution in [2.24, 2.45) is 17.3 Å². The van der Waals surface area contributed by atoms with Gasteiger partial charge >= 0.3 is 24.2 Å². The van der Waals surface area contributed by atoms with E-state index in [1.165, 1.54) is 6.08 Å². The second-order valence-corrected chi connectivity index (χ2v) is 7.05. The van der Waals surface area contributed by atoms with E-state index in [0.29, 0.717) is 6.42 Å². The van der Waals surface area contributed by atoms with Crippen LogP contribution in [0.15, 0.2) is 12.2 Å². The van der Waals surface area contributed by atoms with E-state index in [0.717, 1.165) is 6.92 Å². The average molecular weight is 414 g/mol. The number of carbonyl (C=O) groups excluding carboxylic acids is 1. The molecule has 1 saturated carbocycles. The fourth-order valence-electron chi connectivity index (χ4n) is 3.49. The van der Waals surface area contributed by atoms with E-state index in [2.05, 4.69) is 4.74 Å². The van der Waals surface area contributed by atoms with E-state index >= 15 is 0 Å². The lowest BCUT2D eigenvalue weighted by Crippen LogP contribution is -2.68. The van der Waals surface area contributed by atoms with Crippen LogP contribution in [0.4, 0.5) is 39.5 Å². The first-order valence-electron chi connectivity index (χ1n) is 7.69. The fraction of sp³-hybridized carbons (Fsp3) is 0.800. The van der Waals surface area contributed by atoms with Gasteiger partial charge in [-0.25, -0.2) is 4.39 Å². The van der Waals surface area contributed by atoms with Crippen LogP contribution in [-0.4, -0.2) is 47.7 Å². The van der Waals surface area contributed by atoms with Crippen LogP contribution in [0.3, 0.4) is 0 Å². The normalized spacial score (nSPS) is 31.7. The second-order valence-electron chi connectivity index (χ2n) is 7.05. The molecule has 2 aliphatic carbocycles. The molecule has 2 aliphatic rings. The van der Waals surface area contributed by atoms with Crippen LogP contribution in [0.2, 0.25) is 0 Å². The molecule has 156 valence electrons. The van der Waals surface area contributed by atoms with Crippen molar-refractivity contribution in [2.45, 2.75) is 49.7 Å². The number of rotatable bonds is 5. The summed E-state index contributed by atoms with van der Waals surface area (Å²) in [6, 6.07) is 0. The monoisotopic (exact) mass is 414 g/mol. The van der Waals surface area contributed by atoms with Gasteiger partial charge in [0.05, 0.1) is 5.41 Å². The van der Waals surface area contributed by atoms with Gasteiger partial charge < -0.3 is 9.84 Å². The molecule has 1 N–H and O–H groups in total. The zero-order valence-electron chi connectivity index (χ0n) is 13.7. The Kier molecular flexibility index (Phi) is 5.08. The lowest BCUT2D eigenvalue weighted by molar-refractivity contribution is -0.380. The molecule has 12 heteroatoms. The molecule has 3 nitrogen and oxygen atoms in total. The maximum Gasteiger partial charge on any atom is 0.431 e. The summed E-state index contributed by atoms with van der Waals surface area (Å²) in [5.41, 5.74) is -7.33. The van der Waals surface area contributed by atoms with Crippen LogP contribution < -0.4 is 0 Å². The van der Waals surface area contributed by atoms with Gasteiger partial charge in [-0.1, -0.05) is 12.2 Å². The highest BCUT2D eigenvalue weighted by molar-refractivity contribution is 5.78. The third-order valence-corrected chi connectivity index (χ3v) is 5.21. The molecule has 0 radical (unpaired) electrons. The standard InChI is InChI=1S/C15H15F9O3/c1-11(5-7-2-3-8(11)4-7)10(25)27-9(14(19,20)21)13(17,18)12(26,6-16)15(22,23)24/h2-3,7-9,26H,4-6H2,1H3. The Balaban J connectivity index is 2.39. The van der Waals surface area contributed by atoms with Crippen LogP contribution in [0.1, 0.15) is 19.8 Å². The highest BCUT2D eigenvalue weighted by Gasteiger charge is 2.77. The molecule has 5 unspecified atom stereocenters. The van der Waals surface area contributed by atoms with Crippen molar-refractivity contribution < 1.29 is 54.2 Å².